The summed E-state index contributed by atoms with van der Waals surface area (Å²) in [5, 5.41) is 11.2. The molecule has 122 valence electrons. The zero-order valence-corrected chi connectivity index (χ0v) is 12.0. The number of hydrogen-bond acceptors (Lipinski definition) is 2. The molecule has 1 amide bonds. The Morgan fingerprint density at radius 3 is 1.91 bits per heavy atom. The van der Waals surface area contributed by atoms with Crippen molar-refractivity contribution in [3.63, 3.8) is 0 Å². The van der Waals surface area contributed by atoms with E-state index in [0.717, 1.165) is 0 Å². The largest absolute Gasteiger partial charge is 0.481 e. The Morgan fingerprint density at radius 2 is 1.55 bits per heavy atom. The maximum Gasteiger partial charge on any atom is 0.311 e. The first-order valence-electron chi connectivity index (χ1n) is 6.54. The lowest BCUT2D eigenvalue weighted by atomic mass is 9.82. The van der Waals surface area contributed by atoms with Gasteiger partial charge in [-0.3, -0.25) is 9.59 Å². The van der Waals surface area contributed by atoms with Crippen LogP contribution < -0.4 is 5.32 Å². The molecule has 0 unspecified atom stereocenters. The third-order valence-electron chi connectivity index (χ3n) is 3.73. The maximum absolute atomic E-state index is 13.5. The fraction of sp³-hybridized carbons (Fsp3) is 0.429. The fourth-order valence-electron chi connectivity index (χ4n) is 1.99. The van der Waals surface area contributed by atoms with Crippen LogP contribution in [0.3, 0.4) is 0 Å². The van der Waals surface area contributed by atoms with Crippen molar-refractivity contribution in [3.05, 3.63) is 34.9 Å². The minimum Gasteiger partial charge on any atom is -0.481 e. The Morgan fingerprint density at radius 1 is 1.09 bits per heavy atom. The summed E-state index contributed by atoms with van der Waals surface area (Å²) in [6, 6.07) is -0.0128. The van der Waals surface area contributed by atoms with Crippen molar-refractivity contribution in [3.8, 4) is 0 Å². The Balaban J connectivity index is 3.07. The number of nitrogens with one attached hydrogen (secondary N) is 1. The molecule has 1 aromatic rings. The molecule has 1 rings (SSSR count). The first-order valence-corrected chi connectivity index (χ1v) is 6.54. The van der Waals surface area contributed by atoms with Gasteiger partial charge in [0.05, 0.1) is 5.41 Å². The zero-order chi connectivity index (χ0) is 17.1. The van der Waals surface area contributed by atoms with Crippen molar-refractivity contribution in [2.45, 2.75) is 26.7 Å². The summed E-state index contributed by atoms with van der Waals surface area (Å²) in [6.07, 6.45) is 0.309. The molecular formula is C14H15F4NO3. The minimum atomic E-state index is -1.83. The van der Waals surface area contributed by atoms with Crippen molar-refractivity contribution in [2.24, 2.45) is 5.41 Å². The van der Waals surface area contributed by atoms with Crippen molar-refractivity contribution < 1.29 is 32.3 Å². The second-order valence-electron chi connectivity index (χ2n) is 4.82. The molecule has 0 atom stereocenters. The van der Waals surface area contributed by atoms with Gasteiger partial charge >= 0.3 is 5.97 Å². The van der Waals surface area contributed by atoms with E-state index in [9.17, 15) is 32.3 Å². The number of carboxylic acids is 1. The van der Waals surface area contributed by atoms with E-state index in [-0.39, 0.29) is 18.9 Å². The van der Waals surface area contributed by atoms with Crippen LogP contribution in [0.4, 0.5) is 17.6 Å². The van der Waals surface area contributed by atoms with Crippen LogP contribution in [0.2, 0.25) is 0 Å². The van der Waals surface area contributed by atoms with E-state index in [4.69, 9.17) is 0 Å². The number of hydrogen-bond donors (Lipinski definition) is 2. The predicted molar refractivity (Wildman–Crippen MR) is 69.3 cm³/mol. The fourth-order valence-corrected chi connectivity index (χ4v) is 1.99. The van der Waals surface area contributed by atoms with Crippen LogP contribution in [0.5, 0.6) is 0 Å². The number of benzene rings is 1. The zero-order valence-electron chi connectivity index (χ0n) is 12.0. The Labute approximate surface area is 124 Å². The van der Waals surface area contributed by atoms with E-state index in [1.165, 1.54) is 0 Å². The molecular weight excluding hydrogens is 306 g/mol. The van der Waals surface area contributed by atoms with Gasteiger partial charge in [-0.25, -0.2) is 17.6 Å². The van der Waals surface area contributed by atoms with Crippen LogP contribution in [0.25, 0.3) is 0 Å². The topological polar surface area (TPSA) is 66.4 Å². The van der Waals surface area contributed by atoms with Crippen LogP contribution in [-0.2, 0) is 4.79 Å². The third kappa shape index (κ3) is 3.20. The van der Waals surface area contributed by atoms with Gasteiger partial charge in [0, 0.05) is 12.6 Å². The molecule has 1 aromatic carbocycles. The quantitative estimate of drug-likeness (QED) is 0.625. The number of aliphatic carboxylic acids is 1. The first-order chi connectivity index (χ1) is 10.2. The van der Waals surface area contributed by atoms with Crippen LogP contribution in [-0.4, -0.2) is 23.5 Å². The number of amides is 1. The van der Waals surface area contributed by atoms with E-state index in [2.05, 4.69) is 0 Å². The molecule has 0 saturated carbocycles. The van der Waals surface area contributed by atoms with E-state index in [1.807, 2.05) is 5.32 Å². The lowest BCUT2D eigenvalue weighted by molar-refractivity contribution is -0.149. The molecule has 22 heavy (non-hydrogen) atoms. The van der Waals surface area contributed by atoms with Crippen LogP contribution >= 0.6 is 0 Å². The number of carbonyl (C=O) groups excluding carboxylic acids is 1. The number of carboxylic acid groups (broad SMARTS) is 1. The summed E-state index contributed by atoms with van der Waals surface area (Å²) in [4.78, 5) is 23.0. The molecule has 8 heteroatoms. The molecule has 0 spiro atoms. The summed E-state index contributed by atoms with van der Waals surface area (Å²) >= 11 is 0. The highest BCUT2D eigenvalue weighted by molar-refractivity contribution is 5.95. The smallest absolute Gasteiger partial charge is 0.311 e. The van der Waals surface area contributed by atoms with Crippen LogP contribution in [0.1, 0.15) is 37.0 Å². The van der Waals surface area contributed by atoms with Gasteiger partial charge in [0.15, 0.2) is 23.3 Å². The molecule has 0 aliphatic heterocycles. The Bertz CT molecular complexity index is 574. The summed E-state index contributed by atoms with van der Waals surface area (Å²) in [5.74, 6) is -9.68. The van der Waals surface area contributed by atoms with Gasteiger partial charge in [0.2, 0.25) is 0 Å². The Hall–Kier alpha value is -2.12. The average molecular weight is 321 g/mol. The lowest BCUT2D eigenvalue weighted by Crippen LogP contribution is -2.42. The molecule has 0 aliphatic rings. The molecule has 0 radical (unpaired) electrons. The SMILES string of the molecule is CCC(CC)(CNC(=O)c1c(F)c(F)cc(F)c1F)C(=O)O. The summed E-state index contributed by atoms with van der Waals surface area (Å²) in [7, 11) is 0. The molecule has 4 nitrogen and oxygen atoms in total. The molecule has 0 aromatic heterocycles. The third-order valence-corrected chi connectivity index (χ3v) is 3.73. The van der Waals surface area contributed by atoms with Crippen molar-refractivity contribution >= 4 is 11.9 Å². The monoisotopic (exact) mass is 321 g/mol. The molecule has 0 aliphatic carbocycles. The van der Waals surface area contributed by atoms with Crippen molar-refractivity contribution in [1.29, 1.82) is 0 Å². The van der Waals surface area contributed by atoms with Gasteiger partial charge in [-0.05, 0) is 12.8 Å². The summed E-state index contributed by atoms with van der Waals surface area (Å²) in [6.45, 7) is 2.73. The normalized spacial score (nSPS) is 11.4. The average Bonchev–Trinajstić information content (AvgIpc) is 2.46. The molecule has 0 heterocycles. The Kier molecular flexibility index (Phi) is 5.51. The number of halogens is 4. The lowest BCUT2D eigenvalue weighted by Gasteiger charge is -2.26. The molecule has 0 fully saturated rings. The second kappa shape index (κ2) is 6.76. The van der Waals surface area contributed by atoms with Gasteiger partial charge in [0.1, 0.15) is 5.56 Å². The van der Waals surface area contributed by atoms with Crippen molar-refractivity contribution in [1.82, 2.24) is 5.32 Å². The van der Waals surface area contributed by atoms with E-state index in [1.54, 1.807) is 13.8 Å². The molecule has 0 saturated heterocycles. The van der Waals surface area contributed by atoms with Gasteiger partial charge in [-0.15, -0.1) is 0 Å². The van der Waals surface area contributed by atoms with E-state index in [0.29, 0.717) is 0 Å². The summed E-state index contributed by atoms with van der Waals surface area (Å²) < 4.78 is 53.1. The number of rotatable bonds is 6. The highest BCUT2D eigenvalue weighted by atomic mass is 19.2. The maximum atomic E-state index is 13.5. The van der Waals surface area contributed by atoms with Gasteiger partial charge in [-0.1, -0.05) is 13.8 Å². The number of carbonyl (C=O) groups is 2. The van der Waals surface area contributed by atoms with Gasteiger partial charge in [0.25, 0.3) is 5.91 Å². The van der Waals surface area contributed by atoms with Gasteiger partial charge in [-0.2, -0.15) is 0 Å². The van der Waals surface area contributed by atoms with Crippen LogP contribution in [0.15, 0.2) is 6.07 Å². The van der Waals surface area contributed by atoms with E-state index >= 15 is 0 Å². The van der Waals surface area contributed by atoms with Crippen molar-refractivity contribution in [2.75, 3.05) is 6.54 Å². The van der Waals surface area contributed by atoms with Crippen LogP contribution in [0, 0.1) is 28.7 Å². The molecule has 2 N–H and O–H groups in total. The highest BCUT2D eigenvalue weighted by Crippen LogP contribution is 2.26. The molecule has 0 bridgehead atoms. The highest BCUT2D eigenvalue weighted by Gasteiger charge is 2.36. The second-order valence-corrected chi connectivity index (χ2v) is 4.82. The van der Waals surface area contributed by atoms with E-state index < -0.39 is 52.7 Å². The predicted octanol–water partition coefficient (Wildman–Crippen LogP) is 2.86. The first kappa shape index (κ1) is 17.9. The van der Waals surface area contributed by atoms with Gasteiger partial charge < -0.3 is 10.4 Å². The minimum absolute atomic E-state index is 0.0128. The summed E-state index contributed by atoms with van der Waals surface area (Å²) in [5.41, 5.74) is -2.74. The standard InChI is InChI=1S/C14H15F4NO3/c1-3-14(4-2,13(21)22)6-19-12(20)9-10(17)7(15)5-8(16)11(9)18/h5H,3-4,6H2,1-2H3,(H,19,20)(H,21,22).